The number of pyridine rings is 1. The molecule has 0 bridgehead atoms. The van der Waals surface area contributed by atoms with E-state index in [4.69, 9.17) is 0 Å². The maximum absolute atomic E-state index is 13.8. The molecule has 0 aliphatic carbocycles. The minimum Gasteiger partial charge on any atom is -0.369 e. The first-order chi connectivity index (χ1) is 16.7. The summed E-state index contributed by atoms with van der Waals surface area (Å²) < 4.78 is 15.4. The number of aromatic amines is 3. The number of hydrogen-bond acceptors (Lipinski definition) is 4. The highest BCUT2D eigenvalue weighted by molar-refractivity contribution is 5.97. The highest BCUT2D eigenvalue weighted by Gasteiger charge is 2.21. The van der Waals surface area contributed by atoms with Crippen molar-refractivity contribution in [1.82, 2.24) is 29.5 Å². The molecular formula is C25H20FN7O. The Bertz CT molecular complexity index is 1680. The van der Waals surface area contributed by atoms with Crippen LogP contribution in [0.4, 0.5) is 10.2 Å². The predicted octanol–water partition coefficient (Wildman–Crippen LogP) is 4.38. The maximum atomic E-state index is 13.8. The Hall–Kier alpha value is -4.66. The van der Waals surface area contributed by atoms with Crippen LogP contribution in [0.5, 0.6) is 0 Å². The lowest BCUT2D eigenvalue weighted by Gasteiger charge is -2.11. The van der Waals surface area contributed by atoms with Gasteiger partial charge in [0, 0.05) is 47.5 Å². The second kappa shape index (κ2) is 8.04. The van der Waals surface area contributed by atoms with Crippen LogP contribution in [-0.4, -0.2) is 36.0 Å². The van der Waals surface area contributed by atoms with E-state index in [1.54, 1.807) is 29.4 Å². The van der Waals surface area contributed by atoms with Crippen molar-refractivity contribution in [3.63, 3.8) is 0 Å². The van der Waals surface area contributed by atoms with Crippen molar-refractivity contribution in [3.05, 3.63) is 95.3 Å². The zero-order valence-electron chi connectivity index (χ0n) is 18.0. The van der Waals surface area contributed by atoms with Crippen LogP contribution in [0.25, 0.3) is 38.9 Å². The Kier molecular flexibility index (Phi) is 4.72. The van der Waals surface area contributed by atoms with Crippen LogP contribution < -0.4 is 11.0 Å². The number of nitrogens with zero attached hydrogens (tertiary/aromatic N) is 3. The van der Waals surface area contributed by atoms with E-state index in [1.807, 2.05) is 36.4 Å². The molecule has 6 rings (SSSR count). The van der Waals surface area contributed by atoms with Gasteiger partial charge in [-0.2, -0.15) is 0 Å². The van der Waals surface area contributed by atoms with Crippen molar-refractivity contribution in [1.29, 1.82) is 0 Å². The second-order valence-electron chi connectivity index (χ2n) is 7.98. The molecule has 4 aromatic heterocycles. The molecule has 2 aromatic carbocycles. The molecule has 0 atom stereocenters. The summed E-state index contributed by atoms with van der Waals surface area (Å²) in [6.45, 7) is 0.570. The van der Waals surface area contributed by atoms with Crippen molar-refractivity contribution in [3.8, 4) is 16.9 Å². The van der Waals surface area contributed by atoms with Gasteiger partial charge in [0.15, 0.2) is 0 Å². The van der Waals surface area contributed by atoms with Crippen LogP contribution in [0.2, 0.25) is 0 Å². The van der Waals surface area contributed by atoms with Crippen LogP contribution >= 0.6 is 0 Å². The molecule has 6 aromatic rings. The van der Waals surface area contributed by atoms with Crippen molar-refractivity contribution in [2.45, 2.75) is 6.42 Å². The maximum Gasteiger partial charge on any atom is 0.332 e. The van der Waals surface area contributed by atoms with Crippen LogP contribution in [0, 0.1) is 5.82 Å². The fraction of sp³-hybridized carbons (Fsp3) is 0.0800. The second-order valence-corrected chi connectivity index (χ2v) is 7.98. The van der Waals surface area contributed by atoms with Gasteiger partial charge in [-0.25, -0.2) is 14.2 Å². The number of fused-ring (bicyclic) bond motifs is 2. The molecule has 0 unspecified atom stereocenters. The summed E-state index contributed by atoms with van der Waals surface area (Å²) in [5.41, 5.74) is 5.06. The highest BCUT2D eigenvalue weighted by Crippen LogP contribution is 2.34. The number of imidazole rings is 2. The molecule has 0 saturated heterocycles. The molecule has 8 nitrogen and oxygen atoms in total. The molecule has 0 aliphatic rings. The molecule has 4 heterocycles. The Morgan fingerprint density at radius 3 is 2.82 bits per heavy atom. The largest absolute Gasteiger partial charge is 0.369 e. The van der Waals surface area contributed by atoms with Gasteiger partial charge < -0.3 is 15.3 Å². The predicted molar refractivity (Wildman–Crippen MR) is 130 cm³/mol. The van der Waals surface area contributed by atoms with Gasteiger partial charge in [-0.05, 0) is 48.5 Å². The van der Waals surface area contributed by atoms with E-state index in [2.05, 4.69) is 30.2 Å². The van der Waals surface area contributed by atoms with Gasteiger partial charge >= 0.3 is 5.69 Å². The quantitative estimate of drug-likeness (QED) is 0.300. The third kappa shape index (κ3) is 3.43. The molecular weight excluding hydrogens is 433 g/mol. The Morgan fingerprint density at radius 2 is 1.94 bits per heavy atom. The molecule has 168 valence electrons. The lowest BCUT2D eigenvalue weighted by atomic mass is 10.1. The zero-order valence-corrected chi connectivity index (χ0v) is 18.0. The summed E-state index contributed by atoms with van der Waals surface area (Å²) in [7, 11) is 0. The fourth-order valence-corrected chi connectivity index (χ4v) is 4.28. The number of benzene rings is 2. The van der Waals surface area contributed by atoms with Gasteiger partial charge in [-0.1, -0.05) is 6.07 Å². The molecule has 0 fully saturated rings. The third-order valence-electron chi connectivity index (χ3n) is 5.87. The molecule has 0 aliphatic heterocycles. The van der Waals surface area contributed by atoms with Gasteiger partial charge in [-0.15, -0.1) is 0 Å². The van der Waals surface area contributed by atoms with Crippen LogP contribution in [0.1, 0.15) is 5.69 Å². The van der Waals surface area contributed by atoms with Crippen LogP contribution in [0.3, 0.4) is 0 Å². The van der Waals surface area contributed by atoms with E-state index in [9.17, 15) is 9.18 Å². The van der Waals surface area contributed by atoms with Crippen molar-refractivity contribution >= 4 is 27.8 Å². The molecule has 0 saturated carbocycles. The third-order valence-corrected chi connectivity index (χ3v) is 5.87. The average molecular weight is 453 g/mol. The fourth-order valence-electron chi connectivity index (χ4n) is 4.28. The van der Waals surface area contributed by atoms with Crippen molar-refractivity contribution in [2.75, 3.05) is 11.9 Å². The van der Waals surface area contributed by atoms with Gasteiger partial charge in [0.1, 0.15) is 17.3 Å². The number of H-pyrrole nitrogens is 3. The van der Waals surface area contributed by atoms with E-state index in [-0.39, 0.29) is 11.5 Å². The van der Waals surface area contributed by atoms with Crippen LogP contribution in [0.15, 0.2) is 78.1 Å². The summed E-state index contributed by atoms with van der Waals surface area (Å²) in [5, 5.41) is 4.17. The summed E-state index contributed by atoms with van der Waals surface area (Å²) in [4.78, 5) is 31.0. The Balaban J connectivity index is 1.48. The highest BCUT2D eigenvalue weighted by atomic mass is 19.1. The minimum atomic E-state index is -0.328. The monoisotopic (exact) mass is 453 g/mol. The number of rotatable bonds is 6. The summed E-state index contributed by atoms with van der Waals surface area (Å²) in [6.07, 6.45) is 5.86. The van der Waals surface area contributed by atoms with E-state index in [1.165, 1.54) is 12.1 Å². The molecule has 34 heavy (non-hydrogen) atoms. The normalized spacial score (nSPS) is 11.4. The van der Waals surface area contributed by atoms with E-state index < -0.39 is 0 Å². The number of halogens is 1. The molecule has 0 spiro atoms. The van der Waals surface area contributed by atoms with Gasteiger partial charge in [0.05, 0.1) is 23.0 Å². The standard InChI is InChI=1S/C25H20FN7O/c26-15-4-6-18-19(13-29-21(18)11-15)23-24(28-10-8-16-3-1-2-9-27-16)32-25(34)33(23)17-5-7-20-22(12-17)31-14-30-20/h1-7,9,11-14,28-29H,8,10H2,(H,30,31)(H,32,34). The average Bonchev–Trinajstić information content (AvgIpc) is 3.55. The molecule has 0 radical (unpaired) electrons. The van der Waals surface area contributed by atoms with E-state index >= 15 is 0 Å². The topological polar surface area (TPSA) is 107 Å². The summed E-state index contributed by atoms with van der Waals surface area (Å²) in [5.74, 6) is 0.252. The van der Waals surface area contributed by atoms with E-state index in [0.717, 1.165) is 27.7 Å². The number of nitrogens with one attached hydrogen (secondary N) is 4. The SMILES string of the molecule is O=c1[nH]c(NCCc2ccccn2)c(-c2c[nH]c3cc(F)ccc23)n1-c1ccc2nc[nH]c2c1. The lowest BCUT2D eigenvalue weighted by Crippen LogP contribution is -2.15. The smallest absolute Gasteiger partial charge is 0.332 e. The first-order valence-corrected chi connectivity index (χ1v) is 10.9. The summed E-state index contributed by atoms with van der Waals surface area (Å²) in [6, 6.07) is 16.0. The molecule has 0 amide bonds. The van der Waals surface area contributed by atoms with E-state index in [0.29, 0.717) is 35.7 Å². The van der Waals surface area contributed by atoms with Crippen molar-refractivity contribution < 1.29 is 4.39 Å². The van der Waals surface area contributed by atoms with Gasteiger partial charge in [0.2, 0.25) is 0 Å². The number of hydrogen-bond donors (Lipinski definition) is 4. The van der Waals surface area contributed by atoms with Crippen LogP contribution in [-0.2, 0) is 6.42 Å². The lowest BCUT2D eigenvalue weighted by molar-refractivity contribution is 0.629. The number of aromatic nitrogens is 6. The van der Waals surface area contributed by atoms with Gasteiger partial charge in [-0.3, -0.25) is 14.5 Å². The minimum absolute atomic E-state index is 0.286. The van der Waals surface area contributed by atoms with Gasteiger partial charge in [0.25, 0.3) is 0 Å². The Labute approximate surface area is 192 Å². The molecule has 4 N–H and O–H groups in total. The summed E-state index contributed by atoms with van der Waals surface area (Å²) >= 11 is 0. The van der Waals surface area contributed by atoms with Crippen molar-refractivity contribution in [2.24, 2.45) is 0 Å². The first-order valence-electron chi connectivity index (χ1n) is 10.9. The Morgan fingerprint density at radius 1 is 1.00 bits per heavy atom. The molecule has 9 heteroatoms. The first kappa shape index (κ1) is 20.0. The zero-order chi connectivity index (χ0) is 23.1. The number of anilines is 1.